The van der Waals surface area contributed by atoms with Crippen molar-refractivity contribution in [3.8, 4) is 17.2 Å². The molecular weight excluding hydrogens is 540 g/mol. The van der Waals surface area contributed by atoms with Gasteiger partial charge in [0, 0.05) is 5.56 Å². The highest BCUT2D eigenvalue weighted by Crippen LogP contribution is 2.35. The minimum atomic E-state index is -0.758. The van der Waals surface area contributed by atoms with Gasteiger partial charge in [0.15, 0.2) is 16.3 Å². The van der Waals surface area contributed by atoms with E-state index < -0.39 is 12.0 Å². The van der Waals surface area contributed by atoms with Gasteiger partial charge in [0.25, 0.3) is 5.56 Å². The molecule has 210 valence electrons. The van der Waals surface area contributed by atoms with E-state index in [1.165, 1.54) is 11.3 Å². The first-order valence-corrected chi connectivity index (χ1v) is 13.9. The van der Waals surface area contributed by atoms with Crippen molar-refractivity contribution in [2.45, 2.75) is 26.5 Å². The number of para-hydroxylation sites is 1. The normalized spacial score (nSPS) is 14.7. The molecule has 1 aliphatic heterocycles. The number of carbonyl (C=O) groups is 1. The second-order valence-corrected chi connectivity index (χ2v) is 10.2. The van der Waals surface area contributed by atoms with Crippen LogP contribution in [0.5, 0.6) is 17.2 Å². The number of carbonyl (C=O) groups excluding carboxylic acids is 1. The Morgan fingerprint density at radius 2 is 1.71 bits per heavy atom. The zero-order valence-corrected chi connectivity index (χ0v) is 24.1. The highest BCUT2D eigenvalue weighted by atomic mass is 32.1. The maximum Gasteiger partial charge on any atom is 0.338 e. The van der Waals surface area contributed by atoms with Gasteiger partial charge in [-0.2, -0.15) is 0 Å². The van der Waals surface area contributed by atoms with Gasteiger partial charge in [-0.3, -0.25) is 9.36 Å². The highest BCUT2D eigenvalue weighted by molar-refractivity contribution is 7.07. The zero-order chi connectivity index (χ0) is 28.9. The van der Waals surface area contributed by atoms with Crippen LogP contribution in [0.2, 0.25) is 0 Å². The van der Waals surface area contributed by atoms with E-state index in [1.54, 1.807) is 44.8 Å². The number of benzene rings is 3. The zero-order valence-electron chi connectivity index (χ0n) is 23.2. The van der Waals surface area contributed by atoms with E-state index in [-0.39, 0.29) is 12.2 Å². The number of ether oxygens (including phenoxy) is 4. The summed E-state index contributed by atoms with van der Waals surface area (Å²) in [7, 11) is 3.14. The molecule has 0 amide bonds. The highest BCUT2D eigenvalue weighted by Gasteiger charge is 2.34. The van der Waals surface area contributed by atoms with Gasteiger partial charge in [0.1, 0.15) is 18.4 Å². The molecule has 0 N–H and O–H groups in total. The van der Waals surface area contributed by atoms with Crippen LogP contribution in [0.1, 0.15) is 36.6 Å². The van der Waals surface area contributed by atoms with Crippen LogP contribution in [-0.4, -0.2) is 31.4 Å². The molecule has 3 aromatic carbocycles. The Labute approximate surface area is 241 Å². The van der Waals surface area contributed by atoms with Gasteiger partial charge >= 0.3 is 5.97 Å². The van der Waals surface area contributed by atoms with Gasteiger partial charge in [-0.25, -0.2) is 9.79 Å². The average Bonchev–Trinajstić information content (AvgIpc) is 3.29. The lowest BCUT2D eigenvalue weighted by molar-refractivity contribution is -0.139. The SMILES string of the molecule is CCOC(=O)C1=C(C)N=c2sc(=Cc3ccc(OCc4ccccc4)c(OC)c3)c(=O)n2C1c1ccccc1OC. The molecule has 8 nitrogen and oxygen atoms in total. The molecule has 0 radical (unpaired) electrons. The predicted octanol–water partition coefficient (Wildman–Crippen LogP) is 4.39. The number of allylic oxidation sites excluding steroid dienone is 1. The van der Waals surface area contributed by atoms with Crippen molar-refractivity contribution in [3.63, 3.8) is 0 Å². The summed E-state index contributed by atoms with van der Waals surface area (Å²) in [5.74, 6) is 1.19. The molecule has 0 fully saturated rings. The van der Waals surface area contributed by atoms with Crippen molar-refractivity contribution >= 4 is 23.4 Å². The molecule has 0 saturated heterocycles. The van der Waals surface area contributed by atoms with Crippen molar-refractivity contribution < 1.29 is 23.7 Å². The molecule has 1 aromatic heterocycles. The van der Waals surface area contributed by atoms with Crippen molar-refractivity contribution in [2.75, 3.05) is 20.8 Å². The van der Waals surface area contributed by atoms with Crippen molar-refractivity contribution in [2.24, 2.45) is 4.99 Å². The molecule has 0 spiro atoms. The minimum Gasteiger partial charge on any atom is -0.496 e. The van der Waals surface area contributed by atoms with E-state index in [0.717, 1.165) is 11.1 Å². The van der Waals surface area contributed by atoms with E-state index in [4.69, 9.17) is 18.9 Å². The molecule has 1 atom stereocenters. The lowest BCUT2D eigenvalue weighted by Gasteiger charge is -2.25. The monoisotopic (exact) mass is 570 g/mol. The van der Waals surface area contributed by atoms with Gasteiger partial charge in [-0.15, -0.1) is 0 Å². The van der Waals surface area contributed by atoms with Gasteiger partial charge in [-0.1, -0.05) is 65.9 Å². The van der Waals surface area contributed by atoms with E-state index in [9.17, 15) is 9.59 Å². The summed E-state index contributed by atoms with van der Waals surface area (Å²) in [6.45, 7) is 4.10. The fourth-order valence-corrected chi connectivity index (χ4v) is 5.80. The van der Waals surface area contributed by atoms with Crippen LogP contribution in [0.4, 0.5) is 0 Å². The topological polar surface area (TPSA) is 88.4 Å². The Hall–Kier alpha value is -4.63. The third-order valence-electron chi connectivity index (χ3n) is 6.67. The quantitative estimate of drug-likeness (QED) is 0.277. The molecule has 0 aliphatic carbocycles. The number of rotatable bonds is 9. The smallest absolute Gasteiger partial charge is 0.338 e. The van der Waals surface area contributed by atoms with Crippen LogP contribution >= 0.6 is 11.3 Å². The number of hydrogen-bond donors (Lipinski definition) is 0. The molecule has 1 aliphatic rings. The van der Waals surface area contributed by atoms with Gasteiger partial charge < -0.3 is 18.9 Å². The standard InChI is InChI=1S/C32H30N2O6S/c1-5-39-31(36)28-20(2)33-32-34(29(28)23-13-9-10-14-24(23)37-3)30(35)27(41-32)18-22-15-16-25(26(17-22)38-4)40-19-21-11-7-6-8-12-21/h6-18,29H,5,19H2,1-4H3. The fraction of sp³-hybridized carbons (Fsp3) is 0.219. The first kappa shape index (κ1) is 27.9. The van der Waals surface area contributed by atoms with Crippen LogP contribution in [-0.2, 0) is 16.1 Å². The molecule has 9 heteroatoms. The molecule has 0 bridgehead atoms. The maximum absolute atomic E-state index is 13.9. The molecule has 5 rings (SSSR count). The van der Waals surface area contributed by atoms with Crippen LogP contribution in [0, 0.1) is 0 Å². The number of nitrogens with zero attached hydrogens (tertiary/aromatic N) is 2. The number of thiazole rings is 1. The summed E-state index contributed by atoms with van der Waals surface area (Å²) in [4.78, 5) is 32.2. The van der Waals surface area contributed by atoms with Crippen LogP contribution < -0.4 is 29.1 Å². The summed E-state index contributed by atoms with van der Waals surface area (Å²) in [5, 5.41) is 0. The van der Waals surface area contributed by atoms with Crippen molar-refractivity contribution in [1.29, 1.82) is 0 Å². The second-order valence-electron chi connectivity index (χ2n) is 9.23. The fourth-order valence-electron chi connectivity index (χ4n) is 4.76. The third-order valence-corrected chi connectivity index (χ3v) is 7.66. The Balaban J connectivity index is 1.58. The number of methoxy groups -OCH3 is 2. The maximum atomic E-state index is 13.9. The Kier molecular flexibility index (Phi) is 8.35. The summed E-state index contributed by atoms with van der Waals surface area (Å²) in [5.41, 5.74) is 2.99. The first-order valence-electron chi connectivity index (χ1n) is 13.1. The van der Waals surface area contributed by atoms with Gasteiger partial charge in [0.2, 0.25) is 0 Å². The van der Waals surface area contributed by atoms with Crippen molar-refractivity contribution in [3.05, 3.63) is 120 Å². The second kappa shape index (κ2) is 12.3. The van der Waals surface area contributed by atoms with E-state index in [0.29, 0.717) is 50.0 Å². The summed E-state index contributed by atoms with van der Waals surface area (Å²) in [6.07, 6.45) is 1.79. The third kappa shape index (κ3) is 5.67. The van der Waals surface area contributed by atoms with E-state index >= 15 is 0 Å². The van der Waals surface area contributed by atoms with Gasteiger partial charge in [0.05, 0.1) is 36.6 Å². The Morgan fingerprint density at radius 1 is 0.976 bits per heavy atom. The van der Waals surface area contributed by atoms with Crippen LogP contribution in [0.3, 0.4) is 0 Å². The van der Waals surface area contributed by atoms with E-state index in [2.05, 4.69) is 4.99 Å². The first-order chi connectivity index (χ1) is 19.9. The molecular formula is C32H30N2O6S. The lowest BCUT2D eigenvalue weighted by atomic mass is 9.95. The Bertz CT molecular complexity index is 1790. The van der Waals surface area contributed by atoms with Crippen LogP contribution in [0.15, 0.2) is 93.9 Å². The van der Waals surface area contributed by atoms with Gasteiger partial charge in [-0.05, 0) is 49.2 Å². The number of esters is 1. The van der Waals surface area contributed by atoms with E-state index in [1.807, 2.05) is 66.7 Å². The average molecular weight is 571 g/mol. The predicted molar refractivity (Wildman–Crippen MR) is 157 cm³/mol. The lowest BCUT2D eigenvalue weighted by Crippen LogP contribution is -2.40. The number of aromatic nitrogens is 1. The molecule has 1 unspecified atom stereocenters. The number of fused-ring (bicyclic) bond motifs is 1. The Morgan fingerprint density at radius 3 is 2.44 bits per heavy atom. The largest absolute Gasteiger partial charge is 0.496 e. The van der Waals surface area contributed by atoms with Crippen molar-refractivity contribution in [1.82, 2.24) is 4.57 Å². The molecule has 41 heavy (non-hydrogen) atoms. The molecule has 2 heterocycles. The summed E-state index contributed by atoms with van der Waals surface area (Å²) in [6, 6.07) is 22.0. The summed E-state index contributed by atoms with van der Waals surface area (Å²) >= 11 is 1.25. The summed E-state index contributed by atoms with van der Waals surface area (Å²) < 4.78 is 24.6. The molecule has 0 saturated carbocycles. The minimum absolute atomic E-state index is 0.200. The molecule has 4 aromatic rings. The van der Waals surface area contributed by atoms with Crippen LogP contribution in [0.25, 0.3) is 6.08 Å². The number of hydrogen-bond acceptors (Lipinski definition) is 8.